The maximum absolute atomic E-state index is 11.5. The van der Waals surface area contributed by atoms with Crippen molar-refractivity contribution in [3.63, 3.8) is 0 Å². The molecule has 0 heterocycles. The van der Waals surface area contributed by atoms with Crippen LogP contribution in [0.25, 0.3) is 0 Å². The van der Waals surface area contributed by atoms with E-state index in [4.69, 9.17) is 10.5 Å². The Labute approximate surface area is 128 Å². The number of rotatable bonds is 5. The molecule has 1 unspecified atom stereocenters. The fourth-order valence-corrected chi connectivity index (χ4v) is 1.73. The molecule has 8 heteroatoms. The number of nitrogens with zero attached hydrogens (tertiary/aromatic N) is 1. The Hall–Kier alpha value is -2.35. The minimum atomic E-state index is -0.605. The van der Waals surface area contributed by atoms with Crippen molar-refractivity contribution in [1.29, 1.82) is 0 Å². The van der Waals surface area contributed by atoms with Gasteiger partial charge in [-0.3, -0.25) is 10.1 Å². The maximum atomic E-state index is 11.5. The molecule has 1 atom stereocenters. The van der Waals surface area contributed by atoms with Crippen molar-refractivity contribution >= 4 is 11.8 Å². The number of hydrogen-bond donors (Lipinski definition) is 3. The molecule has 0 aliphatic heterocycles. The number of nitrogens with two attached hydrogens (primary N) is 1. The first-order chi connectivity index (χ1) is 10.1. The molecule has 1 aromatic rings. The fourth-order valence-electron chi connectivity index (χ4n) is 1.73. The van der Waals surface area contributed by atoms with Crippen LogP contribution in [0.1, 0.15) is 26.3 Å². The average molecular weight is 311 g/mol. The number of aromatic hydroxyl groups is 1. The number of nitro groups is 1. The number of nitrogens with one attached hydrogen (secondary N) is 1. The van der Waals surface area contributed by atoms with E-state index in [-0.39, 0.29) is 24.4 Å². The van der Waals surface area contributed by atoms with Gasteiger partial charge in [0.2, 0.25) is 0 Å². The van der Waals surface area contributed by atoms with Crippen LogP contribution in [0.15, 0.2) is 18.2 Å². The first-order valence-electron chi connectivity index (χ1n) is 6.77. The summed E-state index contributed by atoms with van der Waals surface area (Å²) in [6.45, 7) is 5.35. The molecule has 0 bridgehead atoms. The summed E-state index contributed by atoms with van der Waals surface area (Å²) < 4.78 is 5.07. The van der Waals surface area contributed by atoms with Crippen LogP contribution in [0.4, 0.5) is 10.5 Å². The molecule has 4 N–H and O–H groups in total. The number of amides is 1. The van der Waals surface area contributed by atoms with Crippen molar-refractivity contribution in [2.75, 3.05) is 6.54 Å². The summed E-state index contributed by atoms with van der Waals surface area (Å²) in [5.74, 6) is -0.0710. The molecular formula is C14H21N3O5. The van der Waals surface area contributed by atoms with E-state index in [0.717, 1.165) is 0 Å². The van der Waals surface area contributed by atoms with E-state index in [1.165, 1.54) is 18.2 Å². The van der Waals surface area contributed by atoms with Gasteiger partial charge in [0.25, 0.3) is 5.69 Å². The first kappa shape index (κ1) is 17.7. The number of ether oxygens (including phenoxy) is 1. The van der Waals surface area contributed by atoms with Gasteiger partial charge in [-0.25, -0.2) is 4.79 Å². The summed E-state index contributed by atoms with van der Waals surface area (Å²) >= 11 is 0. The minimum Gasteiger partial charge on any atom is -0.508 e. The Kier molecular flexibility index (Phi) is 5.69. The van der Waals surface area contributed by atoms with Crippen molar-refractivity contribution in [3.05, 3.63) is 33.9 Å². The highest BCUT2D eigenvalue weighted by Gasteiger charge is 2.17. The van der Waals surface area contributed by atoms with Crippen LogP contribution in [-0.4, -0.2) is 34.3 Å². The van der Waals surface area contributed by atoms with Crippen LogP contribution in [0.3, 0.4) is 0 Å². The number of carbonyl (C=O) groups excluding carboxylic acids is 1. The lowest BCUT2D eigenvalue weighted by atomic mass is 10.0. The highest BCUT2D eigenvalue weighted by Crippen LogP contribution is 2.23. The number of phenolic OH excluding ortho intramolecular Hbond substituents is 1. The van der Waals surface area contributed by atoms with Gasteiger partial charge in [0.1, 0.15) is 11.4 Å². The number of alkyl carbamates (subject to hydrolysis) is 1. The van der Waals surface area contributed by atoms with Crippen LogP contribution in [-0.2, 0) is 11.2 Å². The summed E-state index contributed by atoms with van der Waals surface area (Å²) in [5.41, 5.74) is 5.49. The Bertz CT molecular complexity index is 554. The molecule has 0 aliphatic carbocycles. The van der Waals surface area contributed by atoms with Crippen molar-refractivity contribution in [3.8, 4) is 5.75 Å². The molecule has 0 radical (unpaired) electrons. The van der Waals surface area contributed by atoms with Crippen LogP contribution >= 0.6 is 0 Å². The van der Waals surface area contributed by atoms with Crippen LogP contribution in [0.2, 0.25) is 0 Å². The normalized spacial score (nSPS) is 12.5. The van der Waals surface area contributed by atoms with Crippen molar-refractivity contribution in [2.24, 2.45) is 5.73 Å². The maximum Gasteiger partial charge on any atom is 0.407 e. The van der Waals surface area contributed by atoms with Gasteiger partial charge >= 0.3 is 6.09 Å². The third-order valence-electron chi connectivity index (χ3n) is 2.66. The molecule has 0 fully saturated rings. The van der Waals surface area contributed by atoms with Gasteiger partial charge in [-0.2, -0.15) is 0 Å². The summed E-state index contributed by atoms with van der Waals surface area (Å²) in [6.07, 6.45) is -0.408. The molecule has 1 rings (SSSR count). The quantitative estimate of drug-likeness (QED) is 0.561. The molecule has 122 valence electrons. The van der Waals surface area contributed by atoms with Gasteiger partial charge in [-0.1, -0.05) is 0 Å². The van der Waals surface area contributed by atoms with Crippen molar-refractivity contribution in [1.82, 2.24) is 5.32 Å². The molecule has 0 spiro atoms. The number of phenols is 1. The molecule has 0 saturated heterocycles. The second kappa shape index (κ2) is 7.08. The second-order valence-corrected chi connectivity index (χ2v) is 5.92. The summed E-state index contributed by atoms with van der Waals surface area (Å²) in [7, 11) is 0. The lowest BCUT2D eigenvalue weighted by Crippen LogP contribution is -2.41. The zero-order chi connectivity index (χ0) is 16.9. The van der Waals surface area contributed by atoms with Crippen LogP contribution in [0.5, 0.6) is 5.75 Å². The average Bonchev–Trinajstić information content (AvgIpc) is 2.36. The lowest BCUT2D eigenvalue weighted by Gasteiger charge is -2.21. The number of benzene rings is 1. The first-order valence-corrected chi connectivity index (χ1v) is 6.77. The molecular weight excluding hydrogens is 290 g/mol. The Morgan fingerprint density at radius 1 is 1.50 bits per heavy atom. The Balaban J connectivity index is 2.58. The van der Waals surface area contributed by atoms with Gasteiger partial charge in [-0.05, 0) is 33.3 Å². The van der Waals surface area contributed by atoms with E-state index in [1.807, 2.05) is 0 Å². The summed E-state index contributed by atoms with van der Waals surface area (Å²) in [4.78, 5) is 21.7. The fraction of sp³-hybridized carbons (Fsp3) is 0.500. The standard InChI is InChI=1S/C14H21N3O5/c1-14(2,3)22-13(19)16-8-10(15)6-9-7-11(17(20)21)4-5-12(9)18/h4-5,7,10,18H,6,8,15H2,1-3H3,(H,16,19). The second-order valence-electron chi connectivity index (χ2n) is 5.92. The minimum absolute atomic E-state index is 0.0710. The zero-order valence-electron chi connectivity index (χ0n) is 12.8. The van der Waals surface area contributed by atoms with Gasteiger partial charge < -0.3 is 20.9 Å². The van der Waals surface area contributed by atoms with E-state index in [0.29, 0.717) is 5.56 Å². The molecule has 1 amide bonds. The molecule has 1 aromatic carbocycles. The smallest absolute Gasteiger partial charge is 0.407 e. The highest BCUT2D eigenvalue weighted by atomic mass is 16.6. The summed E-state index contributed by atoms with van der Waals surface area (Å²) in [5, 5.41) is 22.9. The molecule has 0 aliphatic rings. The Morgan fingerprint density at radius 3 is 2.68 bits per heavy atom. The number of nitro benzene ring substituents is 1. The SMILES string of the molecule is CC(C)(C)OC(=O)NCC(N)Cc1cc([N+](=O)[O-])ccc1O. The van der Waals surface area contributed by atoms with Gasteiger partial charge in [0.05, 0.1) is 4.92 Å². The number of carbonyl (C=O) groups is 1. The Morgan fingerprint density at radius 2 is 2.14 bits per heavy atom. The third-order valence-corrected chi connectivity index (χ3v) is 2.66. The van der Waals surface area contributed by atoms with E-state index < -0.39 is 22.7 Å². The molecule has 8 nitrogen and oxygen atoms in total. The van der Waals surface area contributed by atoms with E-state index in [1.54, 1.807) is 20.8 Å². The topological polar surface area (TPSA) is 128 Å². The molecule has 0 saturated carbocycles. The van der Waals surface area contributed by atoms with E-state index >= 15 is 0 Å². The van der Waals surface area contributed by atoms with Crippen LogP contribution < -0.4 is 11.1 Å². The highest BCUT2D eigenvalue weighted by molar-refractivity contribution is 5.67. The predicted octanol–water partition coefficient (Wildman–Crippen LogP) is 1.69. The van der Waals surface area contributed by atoms with Crippen LogP contribution in [0, 0.1) is 10.1 Å². The molecule has 22 heavy (non-hydrogen) atoms. The van der Waals surface area contributed by atoms with Crippen molar-refractivity contribution in [2.45, 2.75) is 38.8 Å². The monoisotopic (exact) mass is 311 g/mol. The van der Waals surface area contributed by atoms with Crippen molar-refractivity contribution < 1.29 is 19.6 Å². The summed E-state index contributed by atoms with van der Waals surface area (Å²) in [6, 6.07) is 3.22. The number of hydrogen-bond acceptors (Lipinski definition) is 6. The lowest BCUT2D eigenvalue weighted by molar-refractivity contribution is -0.384. The number of non-ortho nitro benzene ring substituents is 1. The third kappa shape index (κ3) is 5.96. The van der Waals surface area contributed by atoms with Gasteiger partial charge in [0, 0.05) is 30.3 Å². The largest absolute Gasteiger partial charge is 0.508 e. The van der Waals surface area contributed by atoms with E-state index in [2.05, 4.69) is 5.32 Å². The zero-order valence-corrected chi connectivity index (χ0v) is 12.8. The predicted molar refractivity (Wildman–Crippen MR) is 80.7 cm³/mol. The molecule has 0 aromatic heterocycles. The van der Waals surface area contributed by atoms with E-state index in [9.17, 15) is 20.0 Å². The van der Waals surface area contributed by atoms with Gasteiger partial charge in [0.15, 0.2) is 0 Å². The van der Waals surface area contributed by atoms with Gasteiger partial charge in [-0.15, -0.1) is 0 Å².